The Labute approximate surface area is 141 Å². The van der Waals surface area contributed by atoms with E-state index in [1.807, 2.05) is 20.8 Å². The van der Waals surface area contributed by atoms with Crippen LogP contribution in [-0.2, 0) is 14.8 Å². The minimum absolute atomic E-state index is 0.0265. The Morgan fingerprint density at radius 2 is 1.82 bits per heavy atom. The molecule has 0 spiro atoms. The molecule has 1 rings (SSSR count). The first-order valence-corrected chi connectivity index (χ1v) is 9.24. The number of hydrogen-bond donors (Lipinski definition) is 1. The van der Waals surface area contributed by atoms with E-state index in [-0.39, 0.29) is 29.4 Å². The van der Waals surface area contributed by atoms with Crippen LogP contribution in [0.25, 0.3) is 0 Å². The van der Waals surface area contributed by atoms with Crippen LogP contribution < -0.4 is 9.62 Å². The molecule has 1 aromatic rings. The van der Waals surface area contributed by atoms with Crippen molar-refractivity contribution >= 4 is 44.8 Å². The third-order valence-electron chi connectivity index (χ3n) is 2.65. The standard InChI is InChI=1S/C14H20Cl2N2O3S/c1-14(2,3)17-13(19)7-8-18(22(4,20)21)10-5-6-11(15)12(16)9-10/h5-6,9H,7-8H2,1-4H3,(H,17,19). The van der Waals surface area contributed by atoms with Gasteiger partial charge in [-0.2, -0.15) is 0 Å². The fourth-order valence-electron chi connectivity index (χ4n) is 1.81. The van der Waals surface area contributed by atoms with Gasteiger partial charge in [0.2, 0.25) is 15.9 Å². The number of benzene rings is 1. The summed E-state index contributed by atoms with van der Waals surface area (Å²) in [5, 5.41) is 3.38. The van der Waals surface area contributed by atoms with Gasteiger partial charge in [0, 0.05) is 18.5 Å². The third-order valence-corrected chi connectivity index (χ3v) is 4.58. The topological polar surface area (TPSA) is 66.5 Å². The maximum atomic E-state index is 11.9. The molecule has 1 aromatic carbocycles. The highest BCUT2D eigenvalue weighted by molar-refractivity contribution is 7.92. The molecule has 0 saturated carbocycles. The molecule has 8 heteroatoms. The molecule has 22 heavy (non-hydrogen) atoms. The van der Waals surface area contributed by atoms with Gasteiger partial charge in [0.05, 0.1) is 22.0 Å². The zero-order valence-corrected chi connectivity index (χ0v) is 15.3. The van der Waals surface area contributed by atoms with Gasteiger partial charge in [-0.3, -0.25) is 9.10 Å². The first-order valence-electron chi connectivity index (χ1n) is 6.64. The highest BCUT2D eigenvalue weighted by Gasteiger charge is 2.21. The molecule has 0 unspecified atom stereocenters. The predicted molar refractivity (Wildman–Crippen MR) is 91.2 cm³/mol. The van der Waals surface area contributed by atoms with Crippen molar-refractivity contribution in [2.45, 2.75) is 32.7 Å². The number of carbonyl (C=O) groups is 1. The van der Waals surface area contributed by atoms with E-state index in [9.17, 15) is 13.2 Å². The Kier molecular flexibility index (Phi) is 6.12. The van der Waals surface area contributed by atoms with Crippen molar-refractivity contribution in [1.29, 1.82) is 0 Å². The monoisotopic (exact) mass is 366 g/mol. The van der Waals surface area contributed by atoms with Crippen LogP contribution in [0.2, 0.25) is 10.0 Å². The Morgan fingerprint density at radius 1 is 1.23 bits per heavy atom. The van der Waals surface area contributed by atoms with Gasteiger partial charge in [0.15, 0.2) is 0 Å². The fourth-order valence-corrected chi connectivity index (χ4v) is 3.02. The number of nitrogens with one attached hydrogen (secondary N) is 1. The summed E-state index contributed by atoms with van der Waals surface area (Å²) in [6.45, 7) is 5.60. The minimum Gasteiger partial charge on any atom is -0.351 e. The van der Waals surface area contributed by atoms with Crippen LogP contribution in [0.3, 0.4) is 0 Å². The van der Waals surface area contributed by atoms with Crippen LogP contribution in [-0.4, -0.2) is 32.7 Å². The lowest BCUT2D eigenvalue weighted by Crippen LogP contribution is -2.42. The summed E-state index contributed by atoms with van der Waals surface area (Å²) in [6, 6.07) is 4.54. The number of hydrogen-bond acceptors (Lipinski definition) is 3. The number of halogens is 2. The molecular formula is C14H20Cl2N2O3S. The molecule has 0 radical (unpaired) electrons. The summed E-state index contributed by atoms with van der Waals surface area (Å²) in [7, 11) is -3.54. The lowest BCUT2D eigenvalue weighted by atomic mass is 10.1. The van der Waals surface area contributed by atoms with Crippen molar-refractivity contribution < 1.29 is 13.2 Å². The summed E-state index contributed by atoms with van der Waals surface area (Å²) in [4.78, 5) is 11.9. The number of sulfonamides is 1. The van der Waals surface area contributed by atoms with E-state index in [1.165, 1.54) is 12.1 Å². The quantitative estimate of drug-likeness (QED) is 0.870. The van der Waals surface area contributed by atoms with Crippen LogP contribution >= 0.6 is 23.2 Å². The van der Waals surface area contributed by atoms with Crippen molar-refractivity contribution in [3.05, 3.63) is 28.2 Å². The Hall–Kier alpha value is -0.980. The minimum atomic E-state index is -3.54. The molecule has 0 saturated heterocycles. The lowest BCUT2D eigenvalue weighted by Gasteiger charge is -2.24. The van der Waals surface area contributed by atoms with Gasteiger partial charge in [-0.15, -0.1) is 0 Å². The molecule has 0 heterocycles. The molecule has 0 aliphatic rings. The number of amides is 1. The summed E-state index contributed by atoms with van der Waals surface area (Å²) in [5.41, 5.74) is 0.0109. The molecule has 124 valence electrons. The van der Waals surface area contributed by atoms with Crippen LogP contribution in [0, 0.1) is 0 Å². The lowest BCUT2D eigenvalue weighted by molar-refractivity contribution is -0.122. The van der Waals surface area contributed by atoms with Crippen LogP contribution in [0.1, 0.15) is 27.2 Å². The van der Waals surface area contributed by atoms with Crippen LogP contribution in [0.5, 0.6) is 0 Å². The van der Waals surface area contributed by atoms with Gasteiger partial charge in [0.1, 0.15) is 0 Å². The largest absolute Gasteiger partial charge is 0.351 e. The third kappa shape index (κ3) is 6.02. The molecular weight excluding hydrogens is 347 g/mol. The molecule has 1 N–H and O–H groups in total. The van der Waals surface area contributed by atoms with Gasteiger partial charge >= 0.3 is 0 Å². The maximum absolute atomic E-state index is 11.9. The Bertz CT molecular complexity index is 655. The first kappa shape index (κ1) is 19.1. The van der Waals surface area contributed by atoms with Crippen molar-refractivity contribution in [2.75, 3.05) is 17.1 Å². The van der Waals surface area contributed by atoms with E-state index >= 15 is 0 Å². The summed E-state index contributed by atoms with van der Waals surface area (Å²) in [5.74, 6) is -0.221. The summed E-state index contributed by atoms with van der Waals surface area (Å²) >= 11 is 11.8. The number of anilines is 1. The van der Waals surface area contributed by atoms with E-state index in [2.05, 4.69) is 5.32 Å². The zero-order chi connectivity index (χ0) is 17.1. The SMILES string of the molecule is CC(C)(C)NC(=O)CCN(c1ccc(Cl)c(Cl)c1)S(C)(=O)=O. The Balaban J connectivity index is 2.92. The molecule has 1 amide bonds. The molecule has 0 aromatic heterocycles. The molecule has 5 nitrogen and oxygen atoms in total. The average molecular weight is 367 g/mol. The summed E-state index contributed by atoms with van der Waals surface area (Å²) < 4.78 is 25.0. The van der Waals surface area contributed by atoms with E-state index in [1.54, 1.807) is 6.07 Å². The van der Waals surface area contributed by atoms with Gasteiger partial charge in [-0.25, -0.2) is 8.42 Å². The second-order valence-corrected chi connectivity index (χ2v) is 8.70. The molecule has 0 aliphatic carbocycles. The maximum Gasteiger partial charge on any atom is 0.232 e. The van der Waals surface area contributed by atoms with E-state index in [4.69, 9.17) is 23.2 Å². The fraction of sp³-hybridized carbons (Fsp3) is 0.500. The smallest absolute Gasteiger partial charge is 0.232 e. The van der Waals surface area contributed by atoms with Crippen LogP contribution in [0.15, 0.2) is 18.2 Å². The average Bonchev–Trinajstić information content (AvgIpc) is 2.29. The first-order chi connectivity index (χ1) is 9.90. The second kappa shape index (κ2) is 7.06. The second-order valence-electron chi connectivity index (χ2n) is 5.98. The normalized spacial score (nSPS) is 12.1. The summed E-state index contributed by atoms with van der Waals surface area (Å²) in [6.07, 6.45) is 1.13. The highest BCUT2D eigenvalue weighted by atomic mass is 35.5. The molecule has 0 bridgehead atoms. The van der Waals surface area contributed by atoms with Gasteiger partial charge < -0.3 is 5.32 Å². The predicted octanol–water partition coefficient (Wildman–Crippen LogP) is 3.06. The van der Waals surface area contributed by atoms with Gasteiger partial charge in [-0.1, -0.05) is 23.2 Å². The number of carbonyl (C=O) groups excluding carboxylic acids is 1. The van der Waals surface area contributed by atoms with Gasteiger partial charge in [-0.05, 0) is 39.0 Å². The molecule has 0 aliphatic heterocycles. The number of nitrogens with zero attached hydrogens (tertiary/aromatic N) is 1. The van der Waals surface area contributed by atoms with Crippen molar-refractivity contribution in [2.24, 2.45) is 0 Å². The van der Waals surface area contributed by atoms with Gasteiger partial charge in [0.25, 0.3) is 0 Å². The van der Waals surface area contributed by atoms with Crippen molar-refractivity contribution in [3.8, 4) is 0 Å². The molecule has 0 fully saturated rings. The highest BCUT2D eigenvalue weighted by Crippen LogP contribution is 2.28. The van der Waals surface area contributed by atoms with E-state index < -0.39 is 10.0 Å². The van der Waals surface area contributed by atoms with Crippen molar-refractivity contribution in [3.63, 3.8) is 0 Å². The van der Waals surface area contributed by atoms with E-state index in [0.717, 1.165) is 10.6 Å². The number of rotatable bonds is 5. The van der Waals surface area contributed by atoms with Crippen LogP contribution in [0.4, 0.5) is 5.69 Å². The van der Waals surface area contributed by atoms with E-state index in [0.29, 0.717) is 10.7 Å². The zero-order valence-electron chi connectivity index (χ0n) is 13.0. The Morgan fingerprint density at radius 3 is 2.27 bits per heavy atom. The van der Waals surface area contributed by atoms with Crippen molar-refractivity contribution in [1.82, 2.24) is 5.32 Å². The molecule has 0 atom stereocenters.